The molecule has 1 atom stereocenters. The van der Waals surface area contributed by atoms with Crippen LogP contribution in [-0.4, -0.2) is 16.6 Å². The van der Waals surface area contributed by atoms with Gasteiger partial charge in [0.2, 0.25) is 0 Å². The van der Waals surface area contributed by atoms with Gasteiger partial charge in [0.25, 0.3) is 0 Å². The van der Waals surface area contributed by atoms with Crippen LogP contribution >= 0.6 is 0 Å². The van der Waals surface area contributed by atoms with E-state index >= 15 is 0 Å². The highest BCUT2D eigenvalue weighted by molar-refractivity contribution is 5.13. The van der Waals surface area contributed by atoms with Gasteiger partial charge < -0.3 is 4.74 Å². The van der Waals surface area contributed by atoms with Gasteiger partial charge >= 0.3 is 6.01 Å². The van der Waals surface area contributed by atoms with Crippen molar-refractivity contribution in [3.8, 4) is 6.01 Å². The van der Waals surface area contributed by atoms with Crippen molar-refractivity contribution < 1.29 is 4.74 Å². The lowest BCUT2D eigenvalue weighted by atomic mass is 9.93. The van der Waals surface area contributed by atoms with E-state index in [1.807, 2.05) is 19.3 Å². The Balaban J connectivity index is 2.62. The fraction of sp³-hybridized carbons (Fsp3) is 0.692. The van der Waals surface area contributed by atoms with Gasteiger partial charge in [-0.3, -0.25) is 0 Å². The first-order valence-corrected chi connectivity index (χ1v) is 6.26. The molecule has 16 heavy (non-hydrogen) atoms. The van der Waals surface area contributed by atoms with Gasteiger partial charge in [0.05, 0.1) is 6.61 Å². The maximum absolute atomic E-state index is 5.23. The van der Waals surface area contributed by atoms with E-state index in [-0.39, 0.29) is 0 Å². The van der Waals surface area contributed by atoms with E-state index in [2.05, 4.69) is 23.8 Å². The second-order valence-electron chi connectivity index (χ2n) is 3.98. The Hall–Kier alpha value is -1.12. The van der Waals surface area contributed by atoms with Crippen molar-refractivity contribution in [3.05, 3.63) is 18.0 Å². The van der Waals surface area contributed by atoms with Crippen LogP contribution in [0.15, 0.2) is 12.4 Å². The molecule has 0 aliphatic carbocycles. The summed E-state index contributed by atoms with van der Waals surface area (Å²) < 4.78 is 5.23. The van der Waals surface area contributed by atoms with E-state index in [0.29, 0.717) is 18.5 Å². The molecule has 0 N–H and O–H groups in total. The highest BCUT2D eigenvalue weighted by atomic mass is 16.5. The average molecular weight is 222 g/mol. The molecule has 3 nitrogen and oxygen atoms in total. The van der Waals surface area contributed by atoms with Crippen LogP contribution < -0.4 is 4.74 Å². The van der Waals surface area contributed by atoms with E-state index in [0.717, 1.165) is 6.42 Å². The van der Waals surface area contributed by atoms with Crippen molar-refractivity contribution in [2.45, 2.75) is 52.4 Å². The van der Waals surface area contributed by atoms with Gasteiger partial charge in [-0.15, -0.1) is 0 Å². The van der Waals surface area contributed by atoms with Gasteiger partial charge in [-0.2, -0.15) is 0 Å². The first-order valence-electron chi connectivity index (χ1n) is 6.26. The summed E-state index contributed by atoms with van der Waals surface area (Å²) in [5.74, 6) is 0.593. The molecule has 0 spiro atoms. The first kappa shape index (κ1) is 12.9. The third kappa shape index (κ3) is 3.80. The minimum Gasteiger partial charge on any atom is -0.464 e. The molecule has 1 rings (SSSR count). The standard InChI is InChI=1S/C13H22N2O/c1-4-7-8-11(5-2)12-9-14-13(15-10-12)16-6-3/h9-11H,4-8H2,1-3H3. The quantitative estimate of drug-likeness (QED) is 0.707. The molecule has 0 aliphatic heterocycles. The van der Waals surface area contributed by atoms with E-state index in [1.165, 1.54) is 24.8 Å². The Morgan fingerprint density at radius 2 is 1.88 bits per heavy atom. The number of aromatic nitrogens is 2. The lowest BCUT2D eigenvalue weighted by Crippen LogP contribution is -2.02. The summed E-state index contributed by atoms with van der Waals surface area (Å²) in [7, 11) is 0. The van der Waals surface area contributed by atoms with Crippen molar-refractivity contribution in [1.82, 2.24) is 9.97 Å². The number of ether oxygens (including phenoxy) is 1. The van der Waals surface area contributed by atoms with Crippen LogP contribution in [0.5, 0.6) is 6.01 Å². The zero-order chi connectivity index (χ0) is 11.8. The molecule has 0 aromatic carbocycles. The molecule has 1 heterocycles. The number of hydrogen-bond acceptors (Lipinski definition) is 3. The normalized spacial score (nSPS) is 12.4. The van der Waals surface area contributed by atoms with Crippen LogP contribution in [-0.2, 0) is 0 Å². The maximum Gasteiger partial charge on any atom is 0.316 e. The summed E-state index contributed by atoms with van der Waals surface area (Å²) in [6.45, 7) is 7.00. The van der Waals surface area contributed by atoms with Gasteiger partial charge in [-0.1, -0.05) is 26.7 Å². The van der Waals surface area contributed by atoms with E-state index in [1.54, 1.807) is 0 Å². The van der Waals surface area contributed by atoms with Gasteiger partial charge in [-0.05, 0) is 31.2 Å². The minimum absolute atomic E-state index is 0.483. The van der Waals surface area contributed by atoms with Crippen LogP contribution in [0.4, 0.5) is 0 Å². The Morgan fingerprint density at radius 1 is 1.19 bits per heavy atom. The molecule has 0 saturated carbocycles. The molecular weight excluding hydrogens is 200 g/mol. The largest absolute Gasteiger partial charge is 0.464 e. The summed E-state index contributed by atoms with van der Waals surface area (Å²) in [6.07, 6.45) is 8.70. The van der Waals surface area contributed by atoms with Crippen LogP contribution in [0.1, 0.15) is 57.9 Å². The predicted molar refractivity (Wildman–Crippen MR) is 65.8 cm³/mol. The lowest BCUT2D eigenvalue weighted by molar-refractivity contribution is 0.311. The zero-order valence-electron chi connectivity index (χ0n) is 10.6. The van der Waals surface area contributed by atoms with Crippen molar-refractivity contribution in [3.63, 3.8) is 0 Å². The van der Waals surface area contributed by atoms with Crippen LogP contribution in [0.2, 0.25) is 0 Å². The highest BCUT2D eigenvalue weighted by Gasteiger charge is 2.10. The molecule has 0 amide bonds. The minimum atomic E-state index is 0.483. The second-order valence-corrected chi connectivity index (χ2v) is 3.98. The highest BCUT2D eigenvalue weighted by Crippen LogP contribution is 2.24. The number of unbranched alkanes of at least 4 members (excludes halogenated alkanes) is 1. The number of hydrogen-bond donors (Lipinski definition) is 0. The molecule has 0 radical (unpaired) electrons. The molecule has 0 fully saturated rings. The summed E-state index contributed by atoms with van der Waals surface area (Å²) in [5, 5.41) is 0. The van der Waals surface area contributed by atoms with Crippen molar-refractivity contribution in [2.75, 3.05) is 6.61 Å². The third-order valence-corrected chi connectivity index (χ3v) is 2.79. The topological polar surface area (TPSA) is 35.0 Å². The maximum atomic E-state index is 5.23. The average Bonchev–Trinajstić information content (AvgIpc) is 2.32. The Bertz CT molecular complexity index is 284. The summed E-state index contributed by atoms with van der Waals surface area (Å²) >= 11 is 0. The summed E-state index contributed by atoms with van der Waals surface area (Å²) in [6, 6.07) is 0.483. The first-order chi connectivity index (χ1) is 7.81. The van der Waals surface area contributed by atoms with Crippen LogP contribution in [0, 0.1) is 0 Å². The molecular formula is C13H22N2O. The Labute approximate surface area is 98.3 Å². The molecule has 0 bridgehead atoms. The fourth-order valence-electron chi connectivity index (χ4n) is 1.80. The predicted octanol–water partition coefficient (Wildman–Crippen LogP) is 3.56. The van der Waals surface area contributed by atoms with Crippen molar-refractivity contribution in [2.24, 2.45) is 0 Å². The smallest absolute Gasteiger partial charge is 0.316 e. The van der Waals surface area contributed by atoms with Gasteiger partial charge in [0.15, 0.2) is 0 Å². The van der Waals surface area contributed by atoms with Crippen molar-refractivity contribution >= 4 is 0 Å². The molecule has 1 unspecified atom stereocenters. The Kier molecular flexibility index (Phi) is 5.83. The van der Waals surface area contributed by atoms with Gasteiger partial charge in [0, 0.05) is 12.4 Å². The van der Waals surface area contributed by atoms with E-state index < -0.39 is 0 Å². The molecule has 3 heteroatoms. The zero-order valence-corrected chi connectivity index (χ0v) is 10.6. The Morgan fingerprint density at radius 3 is 2.38 bits per heavy atom. The fourth-order valence-corrected chi connectivity index (χ4v) is 1.80. The van der Waals surface area contributed by atoms with Crippen molar-refractivity contribution in [1.29, 1.82) is 0 Å². The lowest BCUT2D eigenvalue weighted by Gasteiger charge is -2.14. The molecule has 0 aliphatic rings. The SMILES string of the molecule is CCCCC(CC)c1cnc(OCC)nc1. The third-order valence-electron chi connectivity index (χ3n) is 2.79. The van der Waals surface area contributed by atoms with E-state index in [4.69, 9.17) is 4.74 Å². The van der Waals surface area contributed by atoms with Gasteiger partial charge in [-0.25, -0.2) is 9.97 Å². The molecule has 90 valence electrons. The number of nitrogens with zero attached hydrogens (tertiary/aromatic N) is 2. The van der Waals surface area contributed by atoms with E-state index in [9.17, 15) is 0 Å². The monoisotopic (exact) mass is 222 g/mol. The summed E-state index contributed by atoms with van der Waals surface area (Å²) in [4.78, 5) is 8.42. The molecule has 1 aromatic heterocycles. The van der Waals surface area contributed by atoms with Gasteiger partial charge in [0.1, 0.15) is 0 Å². The second kappa shape index (κ2) is 7.20. The van der Waals surface area contributed by atoms with Crippen LogP contribution in [0.25, 0.3) is 0 Å². The molecule has 0 saturated heterocycles. The summed E-state index contributed by atoms with van der Waals surface area (Å²) in [5.41, 5.74) is 1.24. The van der Waals surface area contributed by atoms with Crippen LogP contribution in [0.3, 0.4) is 0 Å². The molecule has 1 aromatic rings. The number of rotatable bonds is 7.